The molecule has 1 aliphatic carbocycles. The number of rotatable bonds is 3. The second-order valence-corrected chi connectivity index (χ2v) is 9.06. The number of nitrogens with zero attached hydrogens (tertiary/aromatic N) is 4. The zero-order valence-corrected chi connectivity index (χ0v) is 17.6. The highest BCUT2D eigenvalue weighted by Gasteiger charge is 2.24. The third kappa shape index (κ3) is 3.18. The van der Waals surface area contributed by atoms with Gasteiger partial charge in [0.05, 0.1) is 16.1 Å². The number of aromatic nitrogens is 4. The van der Waals surface area contributed by atoms with Gasteiger partial charge in [-0.05, 0) is 48.9 Å². The summed E-state index contributed by atoms with van der Waals surface area (Å²) in [6.07, 6.45) is 4.55. The molecule has 1 atom stereocenters. The molecule has 10 heteroatoms. The molecule has 5 rings (SSSR count). The Morgan fingerprint density at radius 2 is 2.27 bits per heavy atom. The third-order valence-corrected chi connectivity index (χ3v) is 6.87. The van der Waals surface area contributed by atoms with Crippen LogP contribution in [-0.4, -0.2) is 25.1 Å². The van der Waals surface area contributed by atoms with Crippen molar-refractivity contribution in [1.82, 2.24) is 19.2 Å². The van der Waals surface area contributed by atoms with E-state index in [1.165, 1.54) is 38.1 Å². The number of benzene rings is 1. The van der Waals surface area contributed by atoms with Gasteiger partial charge in [0.2, 0.25) is 5.91 Å². The number of hydrogen-bond donors (Lipinski definition) is 1. The first kappa shape index (κ1) is 19.2. The van der Waals surface area contributed by atoms with Crippen molar-refractivity contribution in [2.45, 2.75) is 32.7 Å². The number of halogens is 2. The molecule has 1 aliphatic rings. The van der Waals surface area contributed by atoms with Gasteiger partial charge in [0.15, 0.2) is 5.65 Å². The number of carbonyl (C=O) groups excluding carboxylic acids is 1. The van der Waals surface area contributed by atoms with Crippen LogP contribution in [0.4, 0.5) is 10.1 Å². The van der Waals surface area contributed by atoms with Crippen molar-refractivity contribution in [3.05, 3.63) is 56.3 Å². The molecule has 1 N–H and O–H groups in total. The van der Waals surface area contributed by atoms with Crippen LogP contribution in [0.25, 0.3) is 15.9 Å². The van der Waals surface area contributed by atoms with E-state index in [-0.39, 0.29) is 17.3 Å². The molecule has 0 aliphatic heterocycles. The van der Waals surface area contributed by atoms with Crippen molar-refractivity contribution >= 4 is 50.4 Å². The van der Waals surface area contributed by atoms with Crippen LogP contribution in [0.5, 0.6) is 0 Å². The number of amides is 1. The Morgan fingerprint density at radius 3 is 3.07 bits per heavy atom. The molecule has 0 saturated heterocycles. The normalized spacial score (nSPS) is 16.2. The molecular formula is C20H17ClFN5O2S. The van der Waals surface area contributed by atoms with E-state index in [2.05, 4.69) is 22.2 Å². The average molecular weight is 446 g/mol. The van der Waals surface area contributed by atoms with Crippen LogP contribution >= 0.6 is 22.9 Å². The van der Waals surface area contributed by atoms with Crippen LogP contribution in [0, 0.1) is 11.7 Å². The van der Waals surface area contributed by atoms with E-state index in [0.29, 0.717) is 11.6 Å². The molecular weight excluding hydrogens is 429 g/mol. The first-order valence-corrected chi connectivity index (χ1v) is 10.7. The van der Waals surface area contributed by atoms with Crippen LogP contribution < -0.4 is 11.0 Å². The molecule has 3 aromatic heterocycles. The monoisotopic (exact) mass is 445 g/mol. The quantitative estimate of drug-likeness (QED) is 0.521. The van der Waals surface area contributed by atoms with Crippen LogP contribution in [0.2, 0.25) is 5.02 Å². The van der Waals surface area contributed by atoms with Crippen molar-refractivity contribution in [1.29, 1.82) is 0 Å². The SMILES string of the molecule is C[C@H]1CCc2c(sc3ncn4c(nc(=O)n4CC(=O)Nc4ccc(F)cc4Cl)c23)C1. The summed E-state index contributed by atoms with van der Waals surface area (Å²) in [5.74, 6) is -0.350. The van der Waals surface area contributed by atoms with Gasteiger partial charge < -0.3 is 5.32 Å². The maximum absolute atomic E-state index is 13.2. The second kappa shape index (κ2) is 7.17. The van der Waals surface area contributed by atoms with E-state index in [4.69, 9.17) is 11.6 Å². The van der Waals surface area contributed by atoms with Crippen LogP contribution in [0.3, 0.4) is 0 Å². The fraction of sp³-hybridized carbons (Fsp3) is 0.300. The van der Waals surface area contributed by atoms with E-state index in [1.54, 1.807) is 11.3 Å². The number of fused-ring (bicyclic) bond motifs is 5. The maximum atomic E-state index is 13.2. The van der Waals surface area contributed by atoms with Crippen molar-refractivity contribution in [3.63, 3.8) is 0 Å². The highest BCUT2D eigenvalue weighted by molar-refractivity contribution is 7.19. The fourth-order valence-electron chi connectivity index (χ4n) is 3.92. The molecule has 154 valence electrons. The Bertz CT molecular complexity index is 1380. The number of thiophene rings is 1. The fourth-order valence-corrected chi connectivity index (χ4v) is 5.48. The van der Waals surface area contributed by atoms with Crippen molar-refractivity contribution in [3.8, 4) is 0 Å². The summed E-state index contributed by atoms with van der Waals surface area (Å²) in [5, 5.41) is 3.58. The zero-order chi connectivity index (χ0) is 21.0. The average Bonchev–Trinajstić information content (AvgIpc) is 3.21. The molecule has 0 fully saturated rings. The number of anilines is 1. The maximum Gasteiger partial charge on any atom is 0.365 e. The third-order valence-electron chi connectivity index (χ3n) is 5.40. The van der Waals surface area contributed by atoms with Gasteiger partial charge in [-0.25, -0.2) is 23.4 Å². The van der Waals surface area contributed by atoms with Gasteiger partial charge in [-0.2, -0.15) is 4.98 Å². The van der Waals surface area contributed by atoms with Crippen LogP contribution in [-0.2, 0) is 24.2 Å². The zero-order valence-electron chi connectivity index (χ0n) is 16.0. The van der Waals surface area contributed by atoms with Gasteiger partial charge in [0, 0.05) is 4.88 Å². The summed E-state index contributed by atoms with van der Waals surface area (Å²) in [6.45, 7) is 1.96. The first-order chi connectivity index (χ1) is 14.4. The van der Waals surface area contributed by atoms with Gasteiger partial charge >= 0.3 is 5.69 Å². The lowest BCUT2D eigenvalue weighted by atomic mass is 9.89. The van der Waals surface area contributed by atoms with Gasteiger partial charge in [-0.3, -0.25) is 4.79 Å². The molecule has 0 radical (unpaired) electrons. The summed E-state index contributed by atoms with van der Waals surface area (Å²) < 4.78 is 16.0. The van der Waals surface area contributed by atoms with Crippen molar-refractivity contribution in [2.24, 2.45) is 5.92 Å². The summed E-state index contributed by atoms with van der Waals surface area (Å²) in [7, 11) is 0. The van der Waals surface area contributed by atoms with Crippen LogP contribution in [0.1, 0.15) is 23.8 Å². The first-order valence-electron chi connectivity index (χ1n) is 9.54. The Balaban J connectivity index is 1.52. The molecule has 1 amide bonds. The summed E-state index contributed by atoms with van der Waals surface area (Å²) >= 11 is 7.61. The smallest absolute Gasteiger partial charge is 0.323 e. The number of aryl methyl sites for hydroxylation is 1. The molecule has 0 spiro atoms. The molecule has 3 heterocycles. The molecule has 7 nitrogen and oxygen atoms in total. The van der Waals surface area contributed by atoms with E-state index < -0.39 is 17.4 Å². The topological polar surface area (TPSA) is 81.3 Å². The summed E-state index contributed by atoms with van der Waals surface area (Å²) in [5.41, 5.74) is 1.47. The Morgan fingerprint density at radius 1 is 1.43 bits per heavy atom. The summed E-state index contributed by atoms with van der Waals surface area (Å²) in [4.78, 5) is 36.0. The standard InChI is InChI=1S/C20H17ClFN5O2S/c1-10-2-4-12-15(6-10)30-19-17(12)18-25-20(29)26(27(18)9-23-19)8-16(28)24-14-5-3-11(22)7-13(14)21/h3,5,7,9-10H,2,4,6,8H2,1H3,(H,24,28)/t10-/m0/s1. The lowest BCUT2D eigenvalue weighted by Crippen LogP contribution is -2.28. The Hall–Kier alpha value is -2.78. The second-order valence-electron chi connectivity index (χ2n) is 7.57. The lowest BCUT2D eigenvalue weighted by Gasteiger charge is -2.17. The number of carbonyl (C=O) groups is 1. The number of nitrogens with one attached hydrogen (secondary N) is 1. The minimum Gasteiger partial charge on any atom is -0.323 e. The van der Waals surface area contributed by atoms with Gasteiger partial charge in [-0.1, -0.05) is 18.5 Å². The minimum absolute atomic E-state index is 0.0799. The van der Waals surface area contributed by atoms with Crippen molar-refractivity contribution in [2.75, 3.05) is 5.32 Å². The lowest BCUT2D eigenvalue weighted by molar-refractivity contribution is -0.117. The van der Waals surface area contributed by atoms with Crippen LogP contribution in [0.15, 0.2) is 29.3 Å². The molecule has 0 saturated carbocycles. The largest absolute Gasteiger partial charge is 0.365 e. The highest BCUT2D eigenvalue weighted by Crippen LogP contribution is 2.38. The molecule has 0 bridgehead atoms. The van der Waals surface area contributed by atoms with E-state index in [9.17, 15) is 14.0 Å². The Labute approximate surface area is 179 Å². The highest BCUT2D eigenvalue weighted by atomic mass is 35.5. The van der Waals surface area contributed by atoms with E-state index >= 15 is 0 Å². The summed E-state index contributed by atoms with van der Waals surface area (Å²) in [6, 6.07) is 3.68. The predicted molar refractivity (Wildman–Crippen MR) is 114 cm³/mol. The molecule has 30 heavy (non-hydrogen) atoms. The Kier molecular flexibility index (Phi) is 4.59. The van der Waals surface area contributed by atoms with Crippen molar-refractivity contribution < 1.29 is 9.18 Å². The van der Waals surface area contributed by atoms with Gasteiger partial charge in [0.1, 0.15) is 23.5 Å². The van der Waals surface area contributed by atoms with Gasteiger partial charge in [0.25, 0.3) is 0 Å². The van der Waals surface area contributed by atoms with Gasteiger partial charge in [-0.15, -0.1) is 11.3 Å². The molecule has 1 aromatic carbocycles. The predicted octanol–water partition coefficient (Wildman–Crippen LogP) is 3.66. The number of hydrogen-bond acceptors (Lipinski definition) is 5. The van der Waals surface area contributed by atoms with E-state index in [1.807, 2.05) is 0 Å². The minimum atomic E-state index is -0.534. The van der Waals surface area contributed by atoms with E-state index in [0.717, 1.165) is 35.5 Å². The molecule has 4 aromatic rings. The molecule has 0 unspecified atom stereocenters.